The zero-order chi connectivity index (χ0) is 16.9. The number of hydrogen-bond donors (Lipinski definition) is 2. The molecule has 1 amide bonds. The number of benzene rings is 2. The Bertz CT molecular complexity index is 880. The summed E-state index contributed by atoms with van der Waals surface area (Å²) in [6.07, 6.45) is 0.147. The molecule has 1 spiro atoms. The number of amides is 1. The lowest BCUT2D eigenvalue weighted by atomic mass is 9.80. The Morgan fingerprint density at radius 2 is 2.12 bits per heavy atom. The first kappa shape index (κ1) is 15.2. The molecule has 122 valence electrons. The third-order valence-corrected chi connectivity index (χ3v) is 5.09. The van der Waals surface area contributed by atoms with Gasteiger partial charge in [0.1, 0.15) is 11.9 Å². The van der Waals surface area contributed by atoms with Gasteiger partial charge in [-0.1, -0.05) is 40.2 Å². The molecule has 1 unspecified atom stereocenters. The number of fused-ring (bicyclic) bond motifs is 2. The average molecular weight is 386 g/mol. The topological polar surface area (TPSA) is 76.7 Å². The number of aliphatic imine (C=N–C) groups is 1. The van der Waals surface area contributed by atoms with Crippen molar-refractivity contribution in [1.29, 1.82) is 0 Å². The predicted octanol–water partition coefficient (Wildman–Crippen LogP) is 2.92. The largest absolute Gasteiger partial charge is 0.485 e. The first-order valence-electron chi connectivity index (χ1n) is 7.68. The number of hydrogen-bond acceptors (Lipinski definition) is 4. The third-order valence-electron chi connectivity index (χ3n) is 4.60. The van der Waals surface area contributed by atoms with Crippen LogP contribution in [0.3, 0.4) is 0 Å². The molecule has 2 aliphatic heterocycles. The molecule has 4 rings (SSSR count). The lowest BCUT2D eigenvalue weighted by molar-refractivity contribution is -0.125. The zero-order valence-electron chi connectivity index (χ0n) is 13.0. The average Bonchev–Trinajstić information content (AvgIpc) is 2.82. The van der Waals surface area contributed by atoms with Crippen LogP contribution in [0.1, 0.15) is 29.2 Å². The van der Waals surface area contributed by atoms with Crippen molar-refractivity contribution in [2.24, 2.45) is 10.7 Å². The molecule has 2 aromatic rings. The van der Waals surface area contributed by atoms with Crippen LogP contribution in [0.4, 0.5) is 0 Å². The second-order valence-electron chi connectivity index (χ2n) is 6.12. The first-order chi connectivity index (χ1) is 11.5. The molecular formula is C18H16BrN3O2. The minimum absolute atomic E-state index is 0.149. The molecule has 2 atom stereocenters. The Balaban J connectivity index is 1.89. The smallest absolute Gasteiger partial charge is 0.259 e. The molecule has 6 heteroatoms. The first-order valence-corrected chi connectivity index (χ1v) is 8.48. The summed E-state index contributed by atoms with van der Waals surface area (Å²) in [4.78, 5) is 17.2. The molecule has 24 heavy (non-hydrogen) atoms. The second-order valence-corrected chi connectivity index (χ2v) is 7.03. The van der Waals surface area contributed by atoms with E-state index in [0.717, 1.165) is 21.2 Å². The number of halogens is 1. The summed E-state index contributed by atoms with van der Waals surface area (Å²) in [5.74, 6) is 0.601. The summed E-state index contributed by atoms with van der Waals surface area (Å²) in [6, 6.07) is 13.7. The van der Waals surface area contributed by atoms with E-state index in [0.29, 0.717) is 12.2 Å². The van der Waals surface area contributed by atoms with Crippen molar-refractivity contribution < 1.29 is 9.53 Å². The van der Waals surface area contributed by atoms with Crippen LogP contribution in [0.15, 0.2) is 51.9 Å². The van der Waals surface area contributed by atoms with Gasteiger partial charge in [0.25, 0.3) is 5.91 Å². The Morgan fingerprint density at radius 3 is 2.83 bits per heavy atom. The standard InChI is InChI=1S/C18H16BrN3O2/c1-10-4-2-3-5-12(10)15-9-18(16(23)21-17(20)22-18)13-8-11(19)6-7-14(13)24-15/h2-8,15H,9H2,1H3,(H3,20,21,22,23)/t15?,18-/m1/s1. The molecule has 0 fully saturated rings. The van der Waals surface area contributed by atoms with E-state index in [1.807, 2.05) is 49.4 Å². The van der Waals surface area contributed by atoms with E-state index in [2.05, 4.69) is 26.2 Å². The van der Waals surface area contributed by atoms with E-state index < -0.39 is 5.54 Å². The van der Waals surface area contributed by atoms with Gasteiger partial charge in [0, 0.05) is 16.5 Å². The van der Waals surface area contributed by atoms with E-state index in [-0.39, 0.29) is 18.0 Å². The van der Waals surface area contributed by atoms with Crippen molar-refractivity contribution in [3.63, 3.8) is 0 Å². The number of rotatable bonds is 1. The molecule has 2 aromatic carbocycles. The minimum Gasteiger partial charge on any atom is -0.485 e. The molecule has 5 nitrogen and oxygen atoms in total. The fraction of sp³-hybridized carbons (Fsp3) is 0.222. The number of guanidine groups is 1. The summed E-state index contributed by atoms with van der Waals surface area (Å²) in [5, 5.41) is 2.64. The van der Waals surface area contributed by atoms with Crippen molar-refractivity contribution in [3.05, 3.63) is 63.6 Å². The highest BCUT2D eigenvalue weighted by atomic mass is 79.9. The van der Waals surface area contributed by atoms with E-state index in [1.165, 1.54) is 0 Å². The third kappa shape index (κ3) is 2.21. The van der Waals surface area contributed by atoms with Gasteiger partial charge in [-0.3, -0.25) is 10.1 Å². The van der Waals surface area contributed by atoms with Crippen molar-refractivity contribution in [2.75, 3.05) is 0 Å². The summed E-state index contributed by atoms with van der Waals surface area (Å²) < 4.78 is 7.08. The summed E-state index contributed by atoms with van der Waals surface area (Å²) >= 11 is 3.46. The maximum atomic E-state index is 12.7. The molecule has 0 aliphatic carbocycles. The van der Waals surface area contributed by atoms with E-state index in [9.17, 15) is 4.79 Å². The van der Waals surface area contributed by atoms with Crippen LogP contribution in [-0.4, -0.2) is 11.9 Å². The fourth-order valence-corrected chi connectivity index (χ4v) is 3.81. The zero-order valence-corrected chi connectivity index (χ0v) is 14.6. The number of carbonyl (C=O) groups is 1. The number of nitrogens with one attached hydrogen (secondary N) is 1. The van der Waals surface area contributed by atoms with Gasteiger partial charge in [-0.2, -0.15) is 0 Å². The van der Waals surface area contributed by atoms with Gasteiger partial charge in [0.15, 0.2) is 11.5 Å². The maximum Gasteiger partial charge on any atom is 0.259 e. The van der Waals surface area contributed by atoms with Crippen molar-refractivity contribution in [3.8, 4) is 5.75 Å². The molecule has 2 aliphatic rings. The van der Waals surface area contributed by atoms with Gasteiger partial charge in [-0.05, 0) is 36.2 Å². The quantitative estimate of drug-likeness (QED) is 0.791. The molecule has 0 radical (unpaired) electrons. The van der Waals surface area contributed by atoms with Gasteiger partial charge in [-0.15, -0.1) is 0 Å². The van der Waals surface area contributed by atoms with E-state index in [1.54, 1.807) is 0 Å². The summed E-state index contributed by atoms with van der Waals surface area (Å²) in [5.41, 5.74) is 7.67. The Morgan fingerprint density at radius 1 is 1.33 bits per heavy atom. The molecule has 0 bridgehead atoms. The number of aryl methyl sites for hydroxylation is 1. The highest BCUT2D eigenvalue weighted by molar-refractivity contribution is 9.10. The van der Waals surface area contributed by atoms with Crippen molar-refractivity contribution in [1.82, 2.24) is 5.32 Å². The minimum atomic E-state index is -1.05. The van der Waals surface area contributed by atoms with Crippen molar-refractivity contribution in [2.45, 2.75) is 25.0 Å². The number of ether oxygens (including phenoxy) is 1. The van der Waals surface area contributed by atoms with Gasteiger partial charge in [0.05, 0.1) is 0 Å². The number of nitrogens with two attached hydrogens (primary N) is 1. The maximum absolute atomic E-state index is 12.7. The second kappa shape index (κ2) is 5.34. The lowest BCUT2D eigenvalue weighted by Gasteiger charge is -2.36. The summed E-state index contributed by atoms with van der Waals surface area (Å²) in [7, 11) is 0. The van der Waals surface area contributed by atoms with Crippen LogP contribution >= 0.6 is 15.9 Å². The highest BCUT2D eigenvalue weighted by Gasteiger charge is 2.51. The Labute approximate surface area is 148 Å². The number of carbonyl (C=O) groups excluding carboxylic acids is 1. The molecule has 0 saturated carbocycles. The van der Waals surface area contributed by atoms with E-state index in [4.69, 9.17) is 10.5 Å². The Hall–Kier alpha value is -2.34. The van der Waals surface area contributed by atoms with E-state index >= 15 is 0 Å². The molecule has 0 saturated heterocycles. The molecule has 0 aromatic heterocycles. The monoisotopic (exact) mass is 385 g/mol. The highest BCUT2D eigenvalue weighted by Crippen LogP contribution is 2.49. The summed E-state index contributed by atoms with van der Waals surface area (Å²) in [6.45, 7) is 2.04. The number of nitrogens with zero attached hydrogens (tertiary/aromatic N) is 1. The fourth-order valence-electron chi connectivity index (χ4n) is 3.45. The molecular weight excluding hydrogens is 370 g/mol. The molecule has 2 heterocycles. The van der Waals surface area contributed by atoms with Gasteiger partial charge < -0.3 is 10.5 Å². The molecule has 3 N–H and O–H groups in total. The predicted molar refractivity (Wildman–Crippen MR) is 94.8 cm³/mol. The van der Waals surface area contributed by atoms with Crippen LogP contribution < -0.4 is 15.8 Å². The van der Waals surface area contributed by atoms with Gasteiger partial charge >= 0.3 is 0 Å². The SMILES string of the molecule is Cc1ccccc1C1C[C@@]2(N=C(N)NC2=O)c2cc(Br)ccc2O1. The van der Waals surface area contributed by atoms with Crippen LogP contribution in [0.2, 0.25) is 0 Å². The van der Waals surface area contributed by atoms with Gasteiger partial charge in [-0.25, -0.2) is 4.99 Å². The Kier molecular flexibility index (Phi) is 3.38. The van der Waals surface area contributed by atoms with Crippen LogP contribution in [0, 0.1) is 6.92 Å². The van der Waals surface area contributed by atoms with Crippen LogP contribution in [0.25, 0.3) is 0 Å². The lowest BCUT2D eigenvalue weighted by Crippen LogP contribution is -2.42. The van der Waals surface area contributed by atoms with Gasteiger partial charge in [0.2, 0.25) is 0 Å². The normalized spacial score (nSPS) is 25.0. The van der Waals surface area contributed by atoms with Crippen LogP contribution in [-0.2, 0) is 10.3 Å². The van der Waals surface area contributed by atoms with Crippen LogP contribution in [0.5, 0.6) is 5.75 Å². The van der Waals surface area contributed by atoms with Crippen molar-refractivity contribution >= 4 is 27.8 Å².